The van der Waals surface area contributed by atoms with Crippen molar-refractivity contribution in [2.75, 3.05) is 23.8 Å². The van der Waals surface area contributed by atoms with Gasteiger partial charge < -0.3 is 19.9 Å². The molecule has 0 amide bonds. The number of nitrogens with one attached hydrogen (secondary N) is 2. The lowest BCUT2D eigenvalue weighted by molar-refractivity contribution is -0.110. The van der Waals surface area contributed by atoms with Crippen LogP contribution >= 0.6 is 0 Å². The highest BCUT2D eigenvalue weighted by molar-refractivity contribution is 5.93. The molecule has 8 nitrogen and oxygen atoms in total. The van der Waals surface area contributed by atoms with Crippen LogP contribution in [0.15, 0.2) is 41.7 Å². The first-order valence-electron chi connectivity index (χ1n) is 10.1. The van der Waals surface area contributed by atoms with E-state index < -0.39 is 12.0 Å². The zero-order valence-corrected chi connectivity index (χ0v) is 16.9. The highest BCUT2D eigenvalue weighted by Crippen LogP contribution is 2.39. The third-order valence-corrected chi connectivity index (χ3v) is 5.66. The van der Waals surface area contributed by atoms with E-state index in [1.807, 2.05) is 6.07 Å². The van der Waals surface area contributed by atoms with Gasteiger partial charge in [0.15, 0.2) is 0 Å². The Labute approximate surface area is 176 Å². The SMILES string of the molecule is CC1(Cn2ccc3cc(Nc4cnccn4)nc(NC4CC(F)(F)C4)c3c2=O)COC1. The van der Waals surface area contributed by atoms with Crippen LogP contribution in [0.2, 0.25) is 0 Å². The smallest absolute Gasteiger partial charge is 0.262 e. The third kappa shape index (κ3) is 3.95. The molecule has 0 atom stereocenters. The lowest BCUT2D eigenvalue weighted by Crippen LogP contribution is -2.45. The summed E-state index contributed by atoms with van der Waals surface area (Å²) in [7, 11) is 0. The Hall–Kier alpha value is -3.14. The van der Waals surface area contributed by atoms with E-state index in [9.17, 15) is 13.6 Å². The van der Waals surface area contributed by atoms with Crippen LogP contribution in [0.5, 0.6) is 0 Å². The van der Waals surface area contributed by atoms with Crippen molar-refractivity contribution in [3.8, 4) is 0 Å². The molecule has 1 aliphatic carbocycles. The first kappa shape index (κ1) is 19.8. The van der Waals surface area contributed by atoms with E-state index in [-0.39, 0.29) is 23.8 Å². The van der Waals surface area contributed by atoms with Crippen molar-refractivity contribution < 1.29 is 13.5 Å². The zero-order valence-electron chi connectivity index (χ0n) is 16.9. The molecular weight excluding hydrogens is 406 g/mol. The molecule has 1 aliphatic heterocycles. The van der Waals surface area contributed by atoms with Gasteiger partial charge in [0.25, 0.3) is 11.5 Å². The Morgan fingerprint density at radius 3 is 2.71 bits per heavy atom. The van der Waals surface area contributed by atoms with E-state index in [1.54, 1.807) is 35.4 Å². The van der Waals surface area contributed by atoms with Crippen LogP contribution in [0.25, 0.3) is 10.8 Å². The number of alkyl halides is 2. The van der Waals surface area contributed by atoms with Crippen LogP contribution in [-0.4, -0.2) is 44.7 Å². The van der Waals surface area contributed by atoms with Crippen molar-refractivity contribution in [2.45, 2.75) is 38.3 Å². The summed E-state index contributed by atoms with van der Waals surface area (Å²) in [6.07, 6.45) is 5.83. The van der Waals surface area contributed by atoms with Gasteiger partial charge in [-0.1, -0.05) is 6.92 Å². The molecule has 0 aromatic carbocycles. The first-order chi connectivity index (χ1) is 14.8. The lowest BCUT2D eigenvalue weighted by atomic mass is 9.88. The summed E-state index contributed by atoms with van der Waals surface area (Å²) in [5, 5.41) is 7.15. The number of fused-ring (bicyclic) bond motifs is 1. The number of hydrogen-bond donors (Lipinski definition) is 2. The van der Waals surface area contributed by atoms with Crippen LogP contribution in [0.1, 0.15) is 19.8 Å². The summed E-state index contributed by atoms with van der Waals surface area (Å²) in [5.74, 6) is -1.46. The van der Waals surface area contributed by atoms with Gasteiger partial charge in [0.2, 0.25) is 0 Å². The van der Waals surface area contributed by atoms with E-state index in [4.69, 9.17) is 4.74 Å². The predicted octanol–water partition coefficient (Wildman–Crippen LogP) is 3.18. The molecule has 0 unspecified atom stereocenters. The standard InChI is InChI=1S/C21H22F2N6O2/c1-20(11-31-12-20)10-29-5-2-13-6-15(27-16-9-24-3-4-25-16)28-18(17(13)19(29)30)26-14-7-21(22,23)8-14/h2-6,9,14H,7-8,10-12H2,1H3,(H2,25,26,27,28). The number of pyridine rings is 2. The summed E-state index contributed by atoms with van der Waals surface area (Å²) in [6, 6.07) is 3.14. The maximum absolute atomic E-state index is 13.4. The molecule has 4 heterocycles. The van der Waals surface area contributed by atoms with Gasteiger partial charge in [-0.2, -0.15) is 0 Å². The van der Waals surface area contributed by atoms with Crippen molar-refractivity contribution in [3.05, 3.63) is 47.3 Å². The van der Waals surface area contributed by atoms with Crippen LogP contribution in [0.4, 0.5) is 26.2 Å². The number of nitrogens with zero attached hydrogens (tertiary/aromatic N) is 4. The quantitative estimate of drug-likeness (QED) is 0.623. The van der Waals surface area contributed by atoms with Gasteiger partial charge in [-0.3, -0.25) is 9.78 Å². The predicted molar refractivity (Wildman–Crippen MR) is 112 cm³/mol. The maximum atomic E-state index is 13.4. The Kier molecular flexibility index (Phi) is 4.62. The molecule has 1 saturated carbocycles. The van der Waals surface area contributed by atoms with Gasteiger partial charge in [-0.05, 0) is 17.5 Å². The molecule has 10 heteroatoms. The van der Waals surface area contributed by atoms with Gasteiger partial charge in [0.1, 0.15) is 17.5 Å². The largest absolute Gasteiger partial charge is 0.380 e. The Balaban J connectivity index is 1.54. The molecule has 31 heavy (non-hydrogen) atoms. The third-order valence-electron chi connectivity index (χ3n) is 5.66. The number of ether oxygens (including phenoxy) is 1. The molecule has 2 fully saturated rings. The summed E-state index contributed by atoms with van der Waals surface area (Å²) < 4.78 is 33.7. The van der Waals surface area contributed by atoms with E-state index in [0.717, 1.165) is 0 Å². The van der Waals surface area contributed by atoms with Crippen molar-refractivity contribution in [3.63, 3.8) is 0 Å². The van der Waals surface area contributed by atoms with Gasteiger partial charge >= 0.3 is 0 Å². The highest BCUT2D eigenvalue weighted by Gasteiger charge is 2.45. The minimum absolute atomic E-state index is 0.0952. The summed E-state index contributed by atoms with van der Waals surface area (Å²) in [4.78, 5) is 26.0. The zero-order chi connectivity index (χ0) is 21.6. The van der Waals surface area contributed by atoms with Gasteiger partial charge in [0.05, 0.1) is 24.8 Å². The second-order valence-electron chi connectivity index (χ2n) is 8.69. The van der Waals surface area contributed by atoms with Gasteiger partial charge in [-0.15, -0.1) is 0 Å². The second kappa shape index (κ2) is 7.23. The number of aromatic nitrogens is 4. The minimum atomic E-state index is -2.68. The van der Waals surface area contributed by atoms with Crippen molar-refractivity contribution in [1.82, 2.24) is 19.5 Å². The molecule has 3 aromatic heterocycles. The highest BCUT2D eigenvalue weighted by atomic mass is 19.3. The molecule has 0 bridgehead atoms. The fraction of sp³-hybridized carbons (Fsp3) is 0.429. The Bertz CT molecular complexity index is 1170. The summed E-state index contributed by atoms with van der Waals surface area (Å²) in [5.41, 5.74) is -0.306. The van der Waals surface area contributed by atoms with Crippen molar-refractivity contribution in [2.24, 2.45) is 5.41 Å². The molecule has 5 rings (SSSR count). The molecule has 2 N–H and O–H groups in total. The fourth-order valence-electron chi connectivity index (χ4n) is 4.00. The Morgan fingerprint density at radius 2 is 2.06 bits per heavy atom. The van der Waals surface area contributed by atoms with E-state index in [1.165, 1.54) is 0 Å². The topological polar surface area (TPSA) is 94.0 Å². The molecule has 162 valence electrons. The molecule has 2 aliphatic rings. The van der Waals surface area contributed by atoms with Crippen LogP contribution in [0, 0.1) is 5.41 Å². The van der Waals surface area contributed by atoms with Crippen LogP contribution in [-0.2, 0) is 11.3 Å². The van der Waals surface area contributed by atoms with E-state index in [2.05, 4.69) is 32.5 Å². The molecule has 1 saturated heterocycles. The second-order valence-corrected chi connectivity index (χ2v) is 8.69. The lowest BCUT2D eigenvalue weighted by Gasteiger charge is -2.38. The molecule has 0 spiro atoms. The van der Waals surface area contributed by atoms with Gasteiger partial charge in [-0.25, -0.2) is 18.7 Å². The van der Waals surface area contributed by atoms with Crippen molar-refractivity contribution >= 4 is 28.2 Å². The van der Waals surface area contributed by atoms with Crippen LogP contribution in [0.3, 0.4) is 0 Å². The average molecular weight is 428 g/mol. The number of halogens is 2. The summed E-state index contributed by atoms with van der Waals surface area (Å²) in [6.45, 7) is 3.77. The minimum Gasteiger partial charge on any atom is -0.380 e. The fourth-order valence-corrected chi connectivity index (χ4v) is 4.00. The van der Waals surface area contributed by atoms with Crippen molar-refractivity contribution in [1.29, 1.82) is 0 Å². The average Bonchev–Trinajstić information content (AvgIpc) is 2.68. The Morgan fingerprint density at radius 1 is 1.26 bits per heavy atom. The van der Waals surface area contributed by atoms with E-state index in [0.29, 0.717) is 48.0 Å². The number of hydrogen-bond acceptors (Lipinski definition) is 7. The number of rotatable bonds is 6. The van der Waals surface area contributed by atoms with Crippen LogP contribution < -0.4 is 16.2 Å². The molecular formula is C21H22F2N6O2. The summed E-state index contributed by atoms with van der Waals surface area (Å²) >= 11 is 0. The molecule has 0 radical (unpaired) electrons. The first-order valence-corrected chi connectivity index (χ1v) is 10.1. The molecule has 3 aromatic rings. The number of anilines is 3. The van der Waals surface area contributed by atoms with E-state index >= 15 is 0 Å². The monoisotopic (exact) mass is 428 g/mol. The maximum Gasteiger partial charge on any atom is 0.262 e. The normalized spacial score (nSPS) is 19.5. The van der Waals surface area contributed by atoms with Gasteiger partial charge in [0, 0.05) is 49.4 Å².